The molecule has 0 radical (unpaired) electrons. The Kier molecular flexibility index (Phi) is 16.1. The van der Waals surface area contributed by atoms with Crippen molar-refractivity contribution in [3.63, 3.8) is 0 Å². The van der Waals surface area contributed by atoms with Crippen LogP contribution in [0.2, 0.25) is 0 Å². The predicted octanol–water partition coefficient (Wildman–Crippen LogP) is 5.96. The van der Waals surface area contributed by atoms with Gasteiger partial charge >= 0.3 is 5.97 Å². The fraction of sp³-hybridized carbons (Fsp3) is 0.850. The highest BCUT2D eigenvalue weighted by atomic mass is 79.9. The first-order chi connectivity index (χ1) is 10.8. The van der Waals surface area contributed by atoms with Gasteiger partial charge in [0.25, 0.3) is 0 Å². The lowest BCUT2D eigenvalue weighted by atomic mass is 9.82. The topological polar surface area (TPSA) is 52.3 Å². The Balaban J connectivity index is 0. The van der Waals surface area contributed by atoms with E-state index in [9.17, 15) is 4.79 Å². The molecule has 0 fully saturated rings. The molecule has 0 spiro atoms. The van der Waals surface area contributed by atoms with Gasteiger partial charge in [0.15, 0.2) is 0 Å². The zero-order chi connectivity index (χ0) is 17.7. The molecule has 0 aliphatic carbocycles. The van der Waals surface area contributed by atoms with E-state index in [0.717, 1.165) is 12.8 Å². The van der Waals surface area contributed by atoms with Gasteiger partial charge < -0.3 is 10.5 Å². The van der Waals surface area contributed by atoms with Gasteiger partial charge in [-0.1, -0.05) is 64.9 Å². The highest BCUT2D eigenvalue weighted by molar-refractivity contribution is 8.93. The van der Waals surface area contributed by atoms with E-state index in [4.69, 9.17) is 10.5 Å². The number of esters is 1. The number of hydrogen-bond donors (Lipinski definition) is 1. The van der Waals surface area contributed by atoms with Gasteiger partial charge in [-0.15, -0.1) is 17.0 Å². The van der Waals surface area contributed by atoms with Crippen molar-refractivity contribution in [2.75, 3.05) is 6.61 Å². The summed E-state index contributed by atoms with van der Waals surface area (Å²) in [6.45, 7) is 12.1. The summed E-state index contributed by atoms with van der Waals surface area (Å²) in [6.07, 6.45) is 12.5. The number of ether oxygens (including phenoxy) is 1. The van der Waals surface area contributed by atoms with Crippen LogP contribution in [0.1, 0.15) is 91.9 Å². The summed E-state index contributed by atoms with van der Waals surface area (Å²) in [6, 6.07) is 0. The number of nitrogens with two attached hydrogens (primary N) is 1. The number of hydrogen-bond acceptors (Lipinski definition) is 3. The average Bonchev–Trinajstić information content (AvgIpc) is 2.46. The van der Waals surface area contributed by atoms with E-state index in [1.54, 1.807) is 6.92 Å². The summed E-state index contributed by atoms with van der Waals surface area (Å²) in [4.78, 5) is 11.4. The van der Waals surface area contributed by atoms with Crippen LogP contribution in [0, 0.1) is 5.92 Å². The van der Waals surface area contributed by atoms with Crippen LogP contribution < -0.4 is 5.73 Å². The maximum absolute atomic E-state index is 11.4. The molecule has 0 amide bonds. The molecule has 0 aromatic heterocycles. The lowest BCUT2D eigenvalue weighted by Crippen LogP contribution is -2.41. The molecule has 0 rings (SSSR count). The van der Waals surface area contributed by atoms with Crippen LogP contribution in [0.4, 0.5) is 0 Å². The van der Waals surface area contributed by atoms with Crippen molar-refractivity contribution in [3.05, 3.63) is 12.2 Å². The van der Waals surface area contributed by atoms with Crippen LogP contribution in [-0.4, -0.2) is 18.1 Å². The van der Waals surface area contributed by atoms with Gasteiger partial charge in [-0.3, -0.25) is 0 Å². The Morgan fingerprint density at radius 1 is 1.04 bits per heavy atom. The van der Waals surface area contributed by atoms with Gasteiger partial charge in [-0.2, -0.15) is 0 Å². The molecule has 0 heterocycles. The van der Waals surface area contributed by atoms with E-state index in [2.05, 4.69) is 27.4 Å². The van der Waals surface area contributed by atoms with Crippen molar-refractivity contribution in [1.82, 2.24) is 0 Å². The first kappa shape index (κ1) is 25.9. The molecule has 0 aromatic rings. The summed E-state index contributed by atoms with van der Waals surface area (Å²) in [5.74, 6) is 0.0890. The Morgan fingerprint density at radius 3 is 2.00 bits per heavy atom. The first-order valence-electron chi connectivity index (χ1n) is 9.40. The zero-order valence-corrected chi connectivity index (χ0v) is 18.1. The zero-order valence-electron chi connectivity index (χ0n) is 16.4. The minimum atomic E-state index is -0.300. The Bertz CT molecular complexity index is 337. The van der Waals surface area contributed by atoms with Crippen LogP contribution in [0.3, 0.4) is 0 Å². The largest absolute Gasteiger partial charge is 0.462 e. The third-order valence-corrected chi connectivity index (χ3v) is 4.51. The lowest BCUT2D eigenvalue weighted by molar-refractivity contribution is -0.139. The van der Waals surface area contributed by atoms with Crippen LogP contribution in [0.15, 0.2) is 12.2 Å². The Morgan fingerprint density at radius 2 is 1.54 bits per heavy atom. The first-order valence-corrected chi connectivity index (χ1v) is 9.40. The van der Waals surface area contributed by atoms with Gasteiger partial charge in [0.1, 0.15) is 0 Å². The second-order valence-corrected chi connectivity index (χ2v) is 7.49. The molecule has 0 bridgehead atoms. The minimum absolute atomic E-state index is 0. The molecule has 1 atom stereocenters. The lowest BCUT2D eigenvalue weighted by Gasteiger charge is -2.30. The van der Waals surface area contributed by atoms with E-state index in [1.165, 1.54) is 51.4 Å². The summed E-state index contributed by atoms with van der Waals surface area (Å²) in [7, 11) is 0. The molecular formula is C20H40BrNO2. The fourth-order valence-electron chi connectivity index (χ4n) is 2.83. The molecule has 0 saturated heterocycles. The Hall–Kier alpha value is -0.350. The number of unbranched alkanes of at least 4 members (excludes halogenated alkanes) is 7. The van der Waals surface area contributed by atoms with Crippen LogP contribution >= 0.6 is 17.0 Å². The normalized spacial score (nSPS) is 12.4. The summed E-state index contributed by atoms with van der Waals surface area (Å²) in [5.41, 5.74) is 6.52. The van der Waals surface area contributed by atoms with Crippen molar-refractivity contribution >= 4 is 23.0 Å². The molecule has 24 heavy (non-hydrogen) atoms. The van der Waals surface area contributed by atoms with Crippen LogP contribution in [-0.2, 0) is 9.53 Å². The third kappa shape index (κ3) is 14.0. The van der Waals surface area contributed by atoms with Crippen LogP contribution in [0.25, 0.3) is 0 Å². The maximum atomic E-state index is 11.4. The van der Waals surface area contributed by atoms with Gasteiger partial charge in [0, 0.05) is 11.1 Å². The quantitative estimate of drug-likeness (QED) is 0.220. The maximum Gasteiger partial charge on any atom is 0.333 e. The van der Waals surface area contributed by atoms with Crippen molar-refractivity contribution in [2.45, 2.75) is 97.4 Å². The van der Waals surface area contributed by atoms with E-state index in [-0.39, 0.29) is 28.5 Å². The van der Waals surface area contributed by atoms with Crippen molar-refractivity contribution in [1.29, 1.82) is 0 Å². The number of carbonyl (C=O) groups excluding carboxylic acids is 1. The summed E-state index contributed by atoms with van der Waals surface area (Å²) >= 11 is 0. The second kappa shape index (κ2) is 14.9. The van der Waals surface area contributed by atoms with E-state index < -0.39 is 0 Å². The SMILES string of the molecule is Br.C=C(C)C(=O)OCCC(CCCCCCCCCC)C(C)(C)N. The molecule has 4 heteroatoms. The standard InChI is InChI=1S/C20H39NO2.BrH/c1-6-7-8-9-10-11-12-13-14-18(20(4,5)21)15-16-23-19(22)17(2)3;/h18H,2,6-16,21H2,1,3-5H3;1H. The molecule has 3 nitrogen and oxygen atoms in total. The average molecular weight is 406 g/mol. The molecule has 0 aliphatic rings. The molecule has 0 aliphatic heterocycles. The van der Waals surface area contributed by atoms with Gasteiger partial charge in [-0.25, -0.2) is 4.79 Å². The van der Waals surface area contributed by atoms with Crippen molar-refractivity contribution < 1.29 is 9.53 Å². The fourth-order valence-corrected chi connectivity index (χ4v) is 2.83. The smallest absolute Gasteiger partial charge is 0.333 e. The highest BCUT2D eigenvalue weighted by Gasteiger charge is 2.24. The monoisotopic (exact) mass is 405 g/mol. The molecule has 1 unspecified atom stereocenters. The van der Waals surface area contributed by atoms with E-state index in [0.29, 0.717) is 18.1 Å². The highest BCUT2D eigenvalue weighted by Crippen LogP contribution is 2.25. The minimum Gasteiger partial charge on any atom is -0.462 e. The number of halogens is 1. The second-order valence-electron chi connectivity index (χ2n) is 7.49. The van der Waals surface area contributed by atoms with Gasteiger partial charge in [0.05, 0.1) is 6.61 Å². The molecule has 0 aromatic carbocycles. The predicted molar refractivity (Wildman–Crippen MR) is 110 cm³/mol. The van der Waals surface area contributed by atoms with Gasteiger partial charge in [0.2, 0.25) is 0 Å². The van der Waals surface area contributed by atoms with Gasteiger partial charge in [-0.05, 0) is 39.5 Å². The number of rotatable bonds is 14. The van der Waals surface area contributed by atoms with E-state index in [1.807, 2.05) is 0 Å². The van der Waals surface area contributed by atoms with Crippen molar-refractivity contribution in [2.24, 2.45) is 11.7 Å². The molecule has 0 saturated carbocycles. The van der Waals surface area contributed by atoms with Crippen molar-refractivity contribution in [3.8, 4) is 0 Å². The van der Waals surface area contributed by atoms with E-state index >= 15 is 0 Å². The number of carbonyl (C=O) groups is 1. The van der Waals surface area contributed by atoms with Crippen LogP contribution in [0.5, 0.6) is 0 Å². The third-order valence-electron chi connectivity index (χ3n) is 4.51. The summed E-state index contributed by atoms with van der Waals surface area (Å²) in [5, 5.41) is 0. The molecule has 2 N–H and O–H groups in total. The Labute approximate surface area is 160 Å². The molecule has 144 valence electrons. The summed E-state index contributed by atoms with van der Waals surface area (Å²) < 4.78 is 5.22. The molecular weight excluding hydrogens is 366 g/mol.